The number of aliphatic hydroxyl groups excluding tert-OH is 1. The van der Waals surface area contributed by atoms with E-state index in [-0.39, 0.29) is 22.9 Å². The van der Waals surface area contributed by atoms with E-state index in [1.165, 1.54) is 19.3 Å². The molecule has 4 nitrogen and oxygen atoms in total. The summed E-state index contributed by atoms with van der Waals surface area (Å²) in [6.07, 6.45) is 6.69. The van der Waals surface area contributed by atoms with E-state index in [0.717, 1.165) is 25.7 Å². The van der Waals surface area contributed by atoms with Gasteiger partial charge in [-0.1, -0.05) is 20.8 Å². The van der Waals surface area contributed by atoms with E-state index in [2.05, 4.69) is 20.8 Å². The van der Waals surface area contributed by atoms with E-state index in [1.807, 2.05) is 0 Å². The zero-order chi connectivity index (χ0) is 19.4. The molecule has 27 heavy (non-hydrogen) atoms. The average Bonchev–Trinajstić information content (AvgIpc) is 2.90. The van der Waals surface area contributed by atoms with Crippen molar-refractivity contribution in [2.24, 2.45) is 40.4 Å². The van der Waals surface area contributed by atoms with Gasteiger partial charge in [0, 0.05) is 19.4 Å². The molecule has 0 saturated heterocycles. The molecule has 1 N–H and O–H groups in total. The van der Waals surface area contributed by atoms with Gasteiger partial charge in [0.25, 0.3) is 0 Å². The van der Waals surface area contributed by atoms with Crippen molar-refractivity contribution in [1.82, 2.24) is 0 Å². The number of aliphatic hydroxyl groups is 1. The second kappa shape index (κ2) is 7.11. The quantitative estimate of drug-likeness (QED) is 0.755. The fourth-order valence-corrected chi connectivity index (χ4v) is 7.77. The molecule has 0 bridgehead atoms. The lowest BCUT2D eigenvalue weighted by Crippen LogP contribution is -2.60. The molecule has 0 aromatic rings. The SMILES string of the molecule is COCCO[C@H]1C[C@@]2(C)[C@@H](CC[C@H]3[C@@H]4CC[C@H](C)[C@@]4(C)CC(=O)[C@@H]32)C[C@@H]1O. The summed E-state index contributed by atoms with van der Waals surface area (Å²) in [5.41, 5.74) is 0.189. The van der Waals surface area contributed by atoms with Crippen LogP contribution in [-0.4, -0.2) is 43.4 Å². The maximum atomic E-state index is 13.5. The number of rotatable bonds is 4. The van der Waals surface area contributed by atoms with Crippen LogP contribution in [0.4, 0.5) is 0 Å². The van der Waals surface area contributed by atoms with Crippen LogP contribution >= 0.6 is 0 Å². The van der Waals surface area contributed by atoms with Crippen LogP contribution in [0.3, 0.4) is 0 Å². The Labute approximate surface area is 164 Å². The van der Waals surface area contributed by atoms with Crippen molar-refractivity contribution in [3.63, 3.8) is 0 Å². The number of hydrogen-bond acceptors (Lipinski definition) is 4. The summed E-state index contributed by atoms with van der Waals surface area (Å²) in [5, 5.41) is 10.7. The Morgan fingerprint density at radius 2 is 1.89 bits per heavy atom. The highest BCUT2D eigenvalue weighted by Gasteiger charge is 2.63. The van der Waals surface area contributed by atoms with E-state index < -0.39 is 6.10 Å². The molecule has 0 radical (unpaired) electrons. The molecular weight excluding hydrogens is 340 g/mol. The normalized spacial score (nSPS) is 52.2. The maximum Gasteiger partial charge on any atom is 0.137 e. The first kappa shape index (κ1) is 19.8. The van der Waals surface area contributed by atoms with E-state index in [1.54, 1.807) is 7.11 Å². The fourth-order valence-electron chi connectivity index (χ4n) is 7.77. The molecule has 9 atom stereocenters. The molecule has 4 saturated carbocycles. The molecule has 0 aliphatic heterocycles. The second-order valence-corrected chi connectivity index (χ2v) is 10.6. The van der Waals surface area contributed by atoms with Crippen molar-refractivity contribution in [1.29, 1.82) is 0 Å². The molecule has 0 unspecified atom stereocenters. The monoisotopic (exact) mass is 378 g/mol. The number of Topliss-reactive ketones (excluding diaryl/α,β-unsaturated/α-hetero) is 1. The van der Waals surface area contributed by atoms with Crippen LogP contribution in [0.25, 0.3) is 0 Å². The third-order valence-electron chi connectivity index (χ3n) is 9.44. The molecule has 0 aromatic carbocycles. The van der Waals surface area contributed by atoms with E-state index >= 15 is 0 Å². The van der Waals surface area contributed by atoms with Gasteiger partial charge in [0.2, 0.25) is 0 Å². The molecule has 4 heteroatoms. The Morgan fingerprint density at radius 1 is 1.11 bits per heavy atom. The van der Waals surface area contributed by atoms with Gasteiger partial charge in [-0.25, -0.2) is 0 Å². The summed E-state index contributed by atoms with van der Waals surface area (Å²) >= 11 is 0. The van der Waals surface area contributed by atoms with E-state index in [0.29, 0.717) is 42.7 Å². The topological polar surface area (TPSA) is 55.8 Å². The Balaban J connectivity index is 1.59. The van der Waals surface area contributed by atoms with Gasteiger partial charge in [0.15, 0.2) is 0 Å². The largest absolute Gasteiger partial charge is 0.390 e. The van der Waals surface area contributed by atoms with Crippen molar-refractivity contribution in [3.8, 4) is 0 Å². The van der Waals surface area contributed by atoms with Crippen LogP contribution in [0, 0.1) is 40.4 Å². The van der Waals surface area contributed by atoms with Gasteiger partial charge in [-0.3, -0.25) is 4.79 Å². The van der Waals surface area contributed by atoms with Crippen LogP contribution in [0.2, 0.25) is 0 Å². The van der Waals surface area contributed by atoms with Crippen LogP contribution in [-0.2, 0) is 14.3 Å². The van der Waals surface area contributed by atoms with Crippen LogP contribution < -0.4 is 0 Å². The number of fused-ring (bicyclic) bond motifs is 5. The van der Waals surface area contributed by atoms with Gasteiger partial charge in [0.1, 0.15) is 5.78 Å². The molecule has 0 aromatic heterocycles. The van der Waals surface area contributed by atoms with Gasteiger partial charge < -0.3 is 14.6 Å². The van der Waals surface area contributed by atoms with Crippen molar-refractivity contribution in [2.45, 2.75) is 77.9 Å². The Morgan fingerprint density at radius 3 is 2.63 bits per heavy atom. The predicted molar refractivity (Wildman–Crippen MR) is 104 cm³/mol. The zero-order valence-corrected chi connectivity index (χ0v) is 17.6. The van der Waals surface area contributed by atoms with Gasteiger partial charge in [-0.2, -0.15) is 0 Å². The number of carbonyl (C=O) groups excluding carboxylic acids is 1. The zero-order valence-electron chi connectivity index (χ0n) is 17.6. The van der Waals surface area contributed by atoms with E-state index in [9.17, 15) is 9.90 Å². The second-order valence-electron chi connectivity index (χ2n) is 10.6. The van der Waals surface area contributed by atoms with Gasteiger partial charge in [0.05, 0.1) is 25.4 Å². The Hall–Kier alpha value is -0.450. The highest BCUT2D eigenvalue weighted by Crippen LogP contribution is 2.66. The summed E-state index contributed by atoms with van der Waals surface area (Å²) in [7, 11) is 1.67. The highest BCUT2D eigenvalue weighted by molar-refractivity contribution is 5.84. The number of carbonyl (C=O) groups is 1. The van der Waals surface area contributed by atoms with Crippen molar-refractivity contribution >= 4 is 5.78 Å². The number of hydrogen-bond donors (Lipinski definition) is 1. The Bertz CT molecular complexity index is 577. The number of ketones is 1. The smallest absolute Gasteiger partial charge is 0.137 e. The molecule has 0 heterocycles. The lowest BCUT2D eigenvalue weighted by atomic mass is 9.44. The van der Waals surface area contributed by atoms with Gasteiger partial charge >= 0.3 is 0 Å². The lowest BCUT2D eigenvalue weighted by Gasteiger charge is -2.60. The van der Waals surface area contributed by atoms with Crippen molar-refractivity contribution < 1.29 is 19.4 Å². The Kier molecular flexibility index (Phi) is 5.22. The molecule has 0 spiro atoms. The van der Waals surface area contributed by atoms with E-state index in [4.69, 9.17) is 9.47 Å². The molecule has 4 rings (SSSR count). The summed E-state index contributed by atoms with van der Waals surface area (Å²) in [5.74, 6) is 3.02. The van der Waals surface area contributed by atoms with Crippen LogP contribution in [0.15, 0.2) is 0 Å². The number of ether oxygens (including phenoxy) is 2. The van der Waals surface area contributed by atoms with Crippen LogP contribution in [0.1, 0.15) is 65.7 Å². The van der Waals surface area contributed by atoms with Crippen molar-refractivity contribution in [3.05, 3.63) is 0 Å². The van der Waals surface area contributed by atoms with Gasteiger partial charge in [-0.05, 0) is 73.0 Å². The molecule has 4 fully saturated rings. The lowest BCUT2D eigenvalue weighted by molar-refractivity contribution is -0.180. The molecule has 4 aliphatic rings. The average molecular weight is 379 g/mol. The summed E-state index contributed by atoms with van der Waals surface area (Å²) in [4.78, 5) is 13.5. The first-order valence-corrected chi connectivity index (χ1v) is 11.1. The molecule has 4 aliphatic carbocycles. The molecular formula is C23H38O4. The number of methoxy groups -OCH3 is 1. The fraction of sp³-hybridized carbons (Fsp3) is 0.957. The van der Waals surface area contributed by atoms with Crippen molar-refractivity contribution in [2.75, 3.05) is 20.3 Å². The minimum absolute atomic E-state index is 0.0237. The standard InChI is InChI=1S/C23H38O4/c1-14-5-8-17-16-7-6-15-11-18(24)20(27-10-9-26-4)13-23(15,3)21(16)19(25)12-22(14,17)2/h14-18,20-21,24H,5-13H2,1-4H3/t14-,15-,16-,17-,18-,20-,21+,22+,23-/m0/s1. The highest BCUT2D eigenvalue weighted by atomic mass is 16.5. The first-order chi connectivity index (χ1) is 12.8. The summed E-state index contributed by atoms with van der Waals surface area (Å²) < 4.78 is 11.1. The third-order valence-corrected chi connectivity index (χ3v) is 9.44. The van der Waals surface area contributed by atoms with Crippen LogP contribution in [0.5, 0.6) is 0 Å². The molecule has 154 valence electrons. The predicted octanol–water partition coefficient (Wildman–Crippen LogP) is 3.85. The minimum atomic E-state index is -0.410. The molecule has 0 amide bonds. The first-order valence-electron chi connectivity index (χ1n) is 11.1. The third kappa shape index (κ3) is 3.02. The summed E-state index contributed by atoms with van der Waals surface area (Å²) in [6, 6.07) is 0. The van der Waals surface area contributed by atoms with Gasteiger partial charge in [-0.15, -0.1) is 0 Å². The minimum Gasteiger partial charge on any atom is -0.390 e. The summed E-state index contributed by atoms with van der Waals surface area (Å²) in [6.45, 7) is 8.15. The maximum absolute atomic E-state index is 13.5.